The SMILES string of the molecule is Cc1ccc(C(C)NCC2CCCCN2C)cc1. The zero-order valence-corrected chi connectivity index (χ0v) is 11.9. The highest BCUT2D eigenvalue weighted by molar-refractivity contribution is 5.23. The van der Waals surface area contributed by atoms with E-state index < -0.39 is 0 Å². The van der Waals surface area contributed by atoms with Crippen LogP contribution in [0.5, 0.6) is 0 Å². The van der Waals surface area contributed by atoms with Crippen molar-refractivity contribution < 1.29 is 0 Å². The summed E-state index contributed by atoms with van der Waals surface area (Å²) in [5.41, 5.74) is 2.72. The molecule has 0 aliphatic carbocycles. The highest BCUT2D eigenvalue weighted by Crippen LogP contribution is 2.17. The molecule has 2 unspecified atom stereocenters. The molecule has 18 heavy (non-hydrogen) atoms. The Labute approximate surface area is 111 Å². The van der Waals surface area contributed by atoms with E-state index in [-0.39, 0.29) is 0 Å². The molecule has 1 aliphatic rings. The predicted molar refractivity (Wildman–Crippen MR) is 77.9 cm³/mol. The van der Waals surface area contributed by atoms with Gasteiger partial charge in [-0.2, -0.15) is 0 Å². The van der Waals surface area contributed by atoms with E-state index >= 15 is 0 Å². The van der Waals surface area contributed by atoms with Gasteiger partial charge in [-0.3, -0.25) is 0 Å². The number of nitrogens with zero attached hydrogens (tertiary/aromatic N) is 1. The van der Waals surface area contributed by atoms with Crippen LogP contribution in [0, 0.1) is 6.92 Å². The fourth-order valence-electron chi connectivity index (χ4n) is 2.69. The molecule has 2 nitrogen and oxygen atoms in total. The van der Waals surface area contributed by atoms with Gasteiger partial charge in [0.2, 0.25) is 0 Å². The van der Waals surface area contributed by atoms with Crippen molar-refractivity contribution >= 4 is 0 Å². The summed E-state index contributed by atoms with van der Waals surface area (Å²) in [6, 6.07) is 10.0. The molecule has 1 heterocycles. The zero-order chi connectivity index (χ0) is 13.0. The van der Waals surface area contributed by atoms with Gasteiger partial charge in [0.25, 0.3) is 0 Å². The average Bonchev–Trinajstić information content (AvgIpc) is 2.38. The van der Waals surface area contributed by atoms with Gasteiger partial charge >= 0.3 is 0 Å². The zero-order valence-electron chi connectivity index (χ0n) is 11.9. The molecule has 1 saturated heterocycles. The van der Waals surface area contributed by atoms with Crippen molar-refractivity contribution in [1.29, 1.82) is 0 Å². The summed E-state index contributed by atoms with van der Waals surface area (Å²) in [6.07, 6.45) is 4.08. The molecule has 1 N–H and O–H groups in total. The molecule has 100 valence electrons. The third-order valence-corrected chi connectivity index (χ3v) is 4.16. The maximum Gasteiger partial charge on any atom is 0.0292 e. The van der Waals surface area contributed by atoms with Crippen LogP contribution in [0.25, 0.3) is 0 Å². The van der Waals surface area contributed by atoms with Gasteiger partial charge in [-0.1, -0.05) is 36.2 Å². The van der Waals surface area contributed by atoms with Crippen molar-refractivity contribution in [1.82, 2.24) is 10.2 Å². The minimum atomic E-state index is 0.445. The van der Waals surface area contributed by atoms with Crippen LogP contribution in [-0.4, -0.2) is 31.1 Å². The summed E-state index contributed by atoms with van der Waals surface area (Å²) < 4.78 is 0. The Morgan fingerprint density at radius 3 is 2.67 bits per heavy atom. The van der Waals surface area contributed by atoms with Crippen LogP contribution >= 0.6 is 0 Å². The van der Waals surface area contributed by atoms with Gasteiger partial charge in [-0.05, 0) is 45.8 Å². The lowest BCUT2D eigenvalue weighted by molar-refractivity contribution is 0.178. The fourth-order valence-corrected chi connectivity index (χ4v) is 2.69. The van der Waals surface area contributed by atoms with Crippen LogP contribution in [0.15, 0.2) is 24.3 Å². The first-order chi connectivity index (χ1) is 8.66. The molecule has 2 rings (SSSR count). The first kappa shape index (κ1) is 13.6. The van der Waals surface area contributed by atoms with Crippen molar-refractivity contribution in [2.75, 3.05) is 20.1 Å². The summed E-state index contributed by atoms with van der Waals surface area (Å²) in [4.78, 5) is 2.50. The highest BCUT2D eigenvalue weighted by atomic mass is 15.2. The lowest BCUT2D eigenvalue weighted by Gasteiger charge is -2.33. The summed E-state index contributed by atoms with van der Waals surface area (Å²) >= 11 is 0. The number of hydrogen-bond donors (Lipinski definition) is 1. The van der Waals surface area contributed by atoms with Crippen LogP contribution in [0.3, 0.4) is 0 Å². The molecule has 0 bridgehead atoms. The molecular formula is C16H26N2. The quantitative estimate of drug-likeness (QED) is 0.878. The second-order valence-electron chi connectivity index (χ2n) is 5.67. The van der Waals surface area contributed by atoms with Crippen molar-refractivity contribution in [3.8, 4) is 0 Å². The molecular weight excluding hydrogens is 220 g/mol. The summed E-state index contributed by atoms with van der Waals surface area (Å²) in [5, 5.41) is 3.68. The van der Waals surface area contributed by atoms with Crippen molar-refractivity contribution in [3.63, 3.8) is 0 Å². The van der Waals surface area contributed by atoms with E-state index in [4.69, 9.17) is 0 Å². The molecule has 2 heteroatoms. The summed E-state index contributed by atoms with van der Waals surface area (Å²) in [5.74, 6) is 0. The Morgan fingerprint density at radius 1 is 1.28 bits per heavy atom. The van der Waals surface area contributed by atoms with Crippen LogP contribution in [0.2, 0.25) is 0 Å². The number of likely N-dealkylation sites (N-methyl/N-ethyl adjacent to an activating group) is 1. The van der Waals surface area contributed by atoms with E-state index in [1.807, 2.05) is 0 Å². The van der Waals surface area contributed by atoms with Crippen molar-refractivity contribution in [3.05, 3.63) is 35.4 Å². The topological polar surface area (TPSA) is 15.3 Å². The standard InChI is InChI=1S/C16H26N2/c1-13-7-9-15(10-8-13)14(2)17-12-16-6-4-5-11-18(16)3/h7-10,14,16-17H,4-6,11-12H2,1-3H3. The van der Waals surface area contributed by atoms with Gasteiger partial charge in [-0.25, -0.2) is 0 Å². The number of benzene rings is 1. The van der Waals surface area contributed by atoms with E-state index in [0.717, 1.165) is 6.54 Å². The smallest absolute Gasteiger partial charge is 0.0292 e. The van der Waals surface area contributed by atoms with Crippen molar-refractivity contribution in [2.45, 2.75) is 45.2 Å². The molecule has 1 fully saturated rings. The molecule has 0 spiro atoms. The van der Waals surface area contributed by atoms with Gasteiger partial charge in [-0.15, -0.1) is 0 Å². The van der Waals surface area contributed by atoms with Crippen LogP contribution in [0.1, 0.15) is 43.4 Å². The third-order valence-electron chi connectivity index (χ3n) is 4.16. The number of likely N-dealkylation sites (tertiary alicyclic amines) is 1. The number of hydrogen-bond acceptors (Lipinski definition) is 2. The molecule has 1 aromatic carbocycles. The van der Waals surface area contributed by atoms with E-state index in [2.05, 4.69) is 55.4 Å². The number of aryl methyl sites for hydroxylation is 1. The number of nitrogens with one attached hydrogen (secondary N) is 1. The molecule has 1 aliphatic heterocycles. The van der Waals surface area contributed by atoms with Gasteiger partial charge < -0.3 is 10.2 Å². The largest absolute Gasteiger partial charge is 0.309 e. The first-order valence-electron chi connectivity index (χ1n) is 7.17. The van der Waals surface area contributed by atoms with Gasteiger partial charge in [0.05, 0.1) is 0 Å². The Bertz CT molecular complexity index is 358. The van der Waals surface area contributed by atoms with E-state index in [1.54, 1.807) is 0 Å². The second kappa shape index (κ2) is 6.35. The van der Waals surface area contributed by atoms with Crippen LogP contribution in [-0.2, 0) is 0 Å². The molecule has 0 aromatic heterocycles. The lowest BCUT2D eigenvalue weighted by Crippen LogP contribution is -2.43. The average molecular weight is 246 g/mol. The van der Waals surface area contributed by atoms with E-state index in [1.165, 1.54) is 36.9 Å². The normalized spacial score (nSPS) is 22.9. The Kier molecular flexibility index (Phi) is 4.79. The molecule has 0 radical (unpaired) electrons. The highest BCUT2D eigenvalue weighted by Gasteiger charge is 2.19. The van der Waals surface area contributed by atoms with Gasteiger partial charge in [0.15, 0.2) is 0 Å². The minimum absolute atomic E-state index is 0.445. The lowest BCUT2D eigenvalue weighted by atomic mass is 10.0. The number of rotatable bonds is 4. The Hall–Kier alpha value is -0.860. The number of piperidine rings is 1. The Balaban J connectivity index is 1.83. The molecule has 2 atom stereocenters. The minimum Gasteiger partial charge on any atom is -0.309 e. The van der Waals surface area contributed by atoms with Gasteiger partial charge in [0.1, 0.15) is 0 Å². The monoisotopic (exact) mass is 246 g/mol. The van der Waals surface area contributed by atoms with E-state index in [0.29, 0.717) is 12.1 Å². The molecule has 0 saturated carbocycles. The molecule has 1 aromatic rings. The maximum absolute atomic E-state index is 3.68. The van der Waals surface area contributed by atoms with Crippen LogP contribution in [0.4, 0.5) is 0 Å². The van der Waals surface area contributed by atoms with Crippen molar-refractivity contribution in [2.24, 2.45) is 0 Å². The second-order valence-corrected chi connectivity index (χ2v) is 5.67. The summed E-state index contributed by atoms with van der Waals surface area (Å²) in [6.45, 7) is 6.75. The van der Waals surface area contributed by atoms with E-state index in [9.17, 15) is 0 Å². The Morgan fingerprint density at radius 2 is 2.00 bits per heavy atom. The summed E-state index contributed by atoms with van der Waals surface area (Å²) in [7, 11) is 2.25. The predicted octanol–water partition coefficient (Wildman–Crippen LogP) is 3.13. The maximum atomic E-state index is 3.68. The third kappa shape index (κ3) is 3.56. The molecule has 0 amide bonds. The first-order valence-corrected chi connectivity index (χ1v) is 7.17. The fraction of sp³-hybridized carbons (Fsp3) is 0.625. The van der Waals surface area contributed by atoms with Crippen LogP contribution < -0.4 is 5.32 Å². The van der Waals surface area contributed by atoms with Gasteiger partial charge in [0, 0.05) is 18.6 Å².